The maximum absolute atomic E-state index is 12.5. The largest absolute Gasteiger partial charge is 0.343 e. The third kappa shape index (κ3) is 5.33. The van der Waals surface area contributed by atoms with E-state index in [9.17, 15) is 9.59 Å². The lowest BCUT2D eigenvalue weighted by Gasteiger charge is -2.32. The summed E-state index contributed by atoms with van der Waals surface area (Å²) in [6.07, 6.45) is 3.07. The van der Waals surface area contributed by atoms with E-state index in [1.165, 1.54) is 0 Å². The molecule has 7 heteroatoms. The zero-order valence-electron chi connectivity index (χ0n) is 15.9. The molecular weight excluding hydrogens is 352 g/mol. The monoisotopic (exact) mass is 380 g/mol. The first-order valence-corrected chi connectivity index (χ1v) is 9.08. The van der Waals surface area contributed by atoms with Crippen molar-refractivity contribution in [2.75, 3.05) is 26.2 Å². The summed E-state index contributed by atoms with van der Waals surface area (Å²) < 4.78 is 0. The van der Waals surface area contributed by atoms with E-state index in [-0.39, 0.29) is 29.4 Å². The molecule has 1 aliphatic rings. The number of hydrogen-bond donors (Lipinski definition) is 2. The number of H-pyrrole nitrogens is 1. The molecule has 2 heterocycles. The maximum Gasteiger partial charge on any atom is 0.266 e. The Hall–Kier alpha value is -1.84. The number of carbonyl (C=O) groups excluding carboxylic acids is 1. The molecule has 144 valence electrons. The van der Waals surface area contributed by atoms with Gasteiger partial charge in [0.1, 0.15) is 11.6 Å². The average molecular weight is 381 g/mol. The number of nitrogens with one attached hydrogen (secondary N) is 2. The molecule has 0 bridgehead atoms. The highest BCUT2D eigenvalue weighted by atomic mass is 35.5. The van der Waals surface area contributed by atoms with Crippen molar-refractivity contribution in [3.05, 3.63) is 32.7 Å². The zero-order chi connectivity index (χ0) is 18.4. The molecule has 26 heavy (non-hydrogen) atoms. The molecular formula is C19H29ClN4O2. The standard InChI is InChI=1S/C19H28N4O2.ClH/c1-4-21-12-15-7-9-23(10-8-15)18(24)6-5-16-13(2)17(11-20)19(25)22-14(16)3;/h15,21H,4-10,12H2,1-3H3,(H,22,25);1H. The molecule has 0 aromatic carbocycles. The lowest BCUT2D eigenvalue weighted by atomic mass is 9.95. The van der Waals surface area contributed by atoms with E-state index >= 15 is 0 Å². The molecule has 0 saturated carbocycles. The fraction of sp³-hybridized carbons (Fsp3) is 0.632. The minimum atomic E-state index is -0.352. The van der Waals surface area contributed by atoms with Gasteiger partial charge in [-0.3, -0.25) is 9.59 Å². The van der Waals surface area contributed by atoms with Gasteiger partial charge in [-0.05, 0) is 63.2 Å². The van der Waals surface area contributed by atoms with Gasteiger partial charge in [-0.1, -0.05) is 6.92 Å². The Morgan fingerprint density at radius 3 is 2.58 bits per heavy atom. The van der Waals surface area contributed by atoms with E-state index in [0.717, 1.165) is 50.3 Å². The number of aryl methyl sites for hydroxylation is 1. The van der Waals surface area contributed by atoms with Crippen molar-refractivity contribution < 1.29 is 4.79 Å². The van der Waals surface area contributed by atoms with Crippen molar-refractivity contribution in [1.82, 2.24) is 15.2 Å². The Bertz CT molecular complexity index is 715. The van der Waals surface area contributed by atoms with Gasteiger partial charge in [-0.25, -0.2) is 0 Å². The molecule has 6 nitrogen and oxygen atoms in total. The van der Waals surface area contributed by atoms with E-state index in [1.54, 1.807) is 6.92 Å². The van der Waals surface area contributed by atoms with Gasteiger partial charge in [0.15, 0.2) is 0 Å². The lowest BCUT2D eigenvalue weighted by molar-refractivity contribution is -0.132. The zero-order valence-corrected chi connectivity index (χ0v) is 16.7. The highest BCUT2D eigenvalue weighted by Crippen LogP contribution is 2.19. The smallest absolute Gasteiger partial charge is 0.266 e. The second-order valence-electron chi connectivity index (χ2n) is 6.80. The molecule has 0 radical (unpaired) electrons. The molecule has 0 spiro atoms. The van der Waals surface area contributed by atoms with Crippen molar-refractivity contribution in [2.24, 2.45) is 5.92 Å². The minimum absolute atomic E-state index is 0. The molecule has 2 rings (SSSR count). The van der Waals surface area contributed by atoms with Crippen LogP contribution < -0.4 is 10.9 Å². The number of rotatable bonds is 6. The highest BCUT2D eigenvalue weighted by Gasteiger charge is 2.23. The molecule has 1 aromatic heterocycles. The van der Waals surface area contributed by atoms with Gasteiger partial charge in [-0.15, -0.1) is 12.4 Å². The van der Waals surface area contributed by atoms with Gasteiger partial charge in [0.25, 0.3) is 5.56 Å². The Kier molecular flexibility index (Phi) is 8.83. The summed E-state index contributed by atoms with van der Waals surface area (Å²) in [5.41, 5.74) is 2.15. The van der Waals surface area contributed by atoms with Crippen molar-refractivity contribution in [2.45, 2.75) is 46.5 Å². The normalized spacial score (nSPS) is 14.6. The van der Waals surface area contributed by atoms with Gasteiger partial charge in [0, 0.05) is 25.2 Å². The molecule has 2 N–H and O–H groups in total. The van der Waals surface area contributed by atoms with Crippen LogP contribution in [0.1, 0.15) is 48.6 Å². The summed E-state index contributed by atoms with van der Waals surface area (Å²) in [4.78, 5) is 29.0. The fourth-order valence-electron chi connectivity index (χ4n) is 3.55. The number of amides is 1. The molecule has 1 fully saturated rings. The minimum Gasteiger partial charge on any atom is -0.343 e. The second-order valence-corrected chi connectivity index (χ2v) is 6.80. The van der Waals surface area contributed by atoms with Gasteiger partial charge in [-0.2, -0.15) is 5.26 Å². The Labute approximate surface area is 161 Å². The number of piperidine rings is 1. The van der Waals surface area contributed by atoms with Gasteiger partial charge >= 0.3 is 0 Å². The van der Waals surface area contributed by atoms with Crippen LogP contribution in [-0.2, 0) is 11.2 Å². The van der Waals surface area contributed by atoms with Crippen molar-refractivity contribution in [1.29, 1.82) is 5.26 Å². The number of aromatic nitrogens is 1. The van der Waals surface area contributed by atoms with Crippen LogP contribution in [0, 0.1) is 31.1 Å². The second kappa shape index (κ2) is 10.3. The van der Waals surface area contributed by atoms with E-state index in [0.29, 0.717) is 24.3 Å². The van der Waals surface area contributed by atoms with Crippen LogP contribution >= 0.6 is 12.4 Å². The predicted octanol–water partition coefficient (Wildman–Crippen LogP) is 2.07. The summed E-state index contributed by atoms with van der Waals surface area (Å²) in [7, 11) is 0. The number of hydrogen-bond acceptors (Lipinski definition) is 4. The first-order chi connectivity index (χ1) is 12.0. The Morgan fingerprint density at radius 1 is 1.35 bits per heavy atom. The first kappa shape index (κ1) is 22.2. The van der Waals surface area contributed by atoms with Gasteiger partial charge < -0.3 is 15.2 Å². The summed E-state index contributed by atoms with van der Waals surface area (Å²) in [5, 5.41) is 12.5. The number of nitrogens with zero attached hydrogens (tertiary/aromatic N) is 2. The fourth-order valence-corrected chi connectivity index (χ4v) is 3.55. The van der Waals surface area contributed by atoms with Crippen molar-refractivity contribution in [3.8, 4) is 6.07 Å². The number of halogens is 1. The third-order valence-corrected chi connectivity index (χ3v) is 5.16. The molecule has 1 aromatic rings. The quantitative estimate of drug-likeness (QED) is 0.790. The summed E-state index contributed by atoms with van der Waals surface area (Å²) >= 11 is 0. The number of pyridine rings is 1. The summed E-state index contributed by atoms with van der Waals surface area (Å²) in [6.45, 7) is 9.38. The topological polar surface area (TPSA) is 89.0 Å². The van der Waals surface area contributed by atoms with Crippen LogP contribution in [0.25, 0.3) is 0 Å². The molecule has 1 aliphatic heterocycles. The van der Waals surface area contributed by atoms with Gasteiger partial charge in [0.2, 0.25) is 5.91 Å². The van der Waals surface area contributed by atoms with Crippen LogP contribution in [0.15, 0.2) is 4.79 Å². The van der Waals surface area contributed by atoms with Gasteiger partial charge in [0.05, 0.1) is 0 Å². The Balaban J connectivity index is 0.00000338. The maximum atomic E-state index is 12.5. The van der Waals surface area contributed by atoms with E-state index in [2.05, 4.69) is 17.2 Å². The van der Waals surface area contributed by atoms with Crippen LogP contribution in [0.2, 0.25) is 0 Å². The third-order valence-electron chi connectivity index (χ3n) is 5.16. The lowest BCUT2D eigenvalue weighted by Crippen LogP contribution is -2.40. The number of likely N-dealkylation sites (tertiary alicyclic amines) is 1. The molecule has 0 unspecified atom stereocenters. The van der Waals surface area contributed by atoms with E-state index < -0.39 is 0 Å². The number of aromatic amines is 1. The SMILES string of the molecule is CCNCC1CCN(C(=O)CCc2c(C)[nH]c(=O)c(C#N)c2C)CC1.Cl. The van der Waals surface area contributed by atoms with Crippen LogP contribution in [0.3, 0.4) is 0 Å². The highest BCUT2D eigenvalue weighted by molar-refractivity contribution is 5.85. The van der Waals surface area contributed by atoms with Crippen LogP contribution in [0.4, 0.5) is 0 Å². The predicted molar refractivity (Wildman–Crippen MR) is 105 cm³/mol. The van der Waals surface area contributed by atoms with Crippen molar-refractivity contribution in [3.63, 3.8) is 0 Å². The number of carbonyl (C=O) groups is 1. The Morgan fingerprint density at radius 2 is 2.00 bits per heavy atom. The van der Waals surface area contributed by atoms with Crippen LogP contribution in [-0.4, -0.2) is 42.0 Å². The first-order valence-electron chi connectivity index (χ1n) is 9.08. The molecule has 1 amide bonds. The van der Waals surface area contributed by atoms with E-state index in [4.69, 9.17) is 5.26 Å². The molecule has 0 atom stereocenters. The average Bonchev–Trinajstić information content (AvgIpc) is 2.60. The molecule has 1 saturated heterocycles. The molecule has 0 aliphatic carbocycles. The van der Waals surface area contributed by atoms with E-state index in [1.807, 2.05) is 17.9 Å². The summed E-state index contributed by atoms with van der Waals surface area (Å²) in [5.74, 6) is 0.816. The van der Waals surface area contributed by atoms with Crippen molar-refractivity contribution >= 4 is 18.3 Å². The summed E-state index contributed by atoms with van der Waals surface area (Å²) in [6, 6.07) is 1.96. The van der Waals surface area contributed by atoms with Crippen LogP contribution in [0.5, 0.6) is 0 Å². The number of nitriles is 1.